The summed E-state index contributed by atoms with van der Waals surface area (Å²) in [4.78, 5) is 8.36. The van der Waals surface area contributed by atoms with Crippen LogP contribution in [0.3, 0.4) is 0 Å². The fourth-order valence-electron chi connectivity index (χ4n) is 3.48. The molecule has 10 nitrogen and oxygen atoms in total. The Hall–Kier alpha value is -3.09. The second-order valence-corrected chi connectivity index (χ2v) is 7.71. The number of rotatable bonds is 6. The molecule has 0 spiro atoms. The van der Waals surface area contributed by atoms with Crippen molar-refractivity contribution in [1.29, 1.82) is 0 Å². The molecule has 1 atom stereocenters. The van der Waals surface area contributed by atoms with E-state index in [1.165, 1.54) is 6.08 Å². The zero-order valence-electron chi connectivity index (χ0n) is 16.5. The normalized spacial score (nSPS) is 24.1. The molecule has 2 aromatic rings. The molecule has 3 aliphatic rings. The van der Waals surface area contributed by atoms with E-state index in [1.807, 2.05) is 10.9 Å². The average molecular weight is 432 g/mol. The molecule has 0 bridgehead atoms. The molecule has 164 valence electrons. The molecule has 1 unspecified atom stereocenters. The summed E-state index contributed by atoms with van der Waals surface area (Å²) >= 11 is 0. The van der Waals surface area contributed by atoms with Crippen LogP contribution in [0.4, 0.5) is 8.78 Å². The number of nitrogens with two attached hydrogens (primary N) is 2. The molecule has 5 heterocycles. The Bertz CT molecular complexity index is 1050. The highest BCUT2D eigenvalue weighted by atomic mass is 19.3. The van der Waals surface area contributed by atoms with Crippen molar-refractivity contribution in [2.75, 3.05) is 26.3 Å². The topological polar surface area (TPSA) is 138 Å². The molecular weight excluding hydrogens is 410 g/mol. The predicted octanol–water partition coefficient (Wildman–Crippen LogP) is 0.0454. The SMILES string of the molecule is NC1=CC(N)(c2cc(OC3COC3)c(-c3cnn(C4CNC4)c3)cn2)N=C(C(F)F)N1. The maximum Gasteiger partial charge on any atom is 0.295 e. The molecular formula is C19H22F2N8O2. The highest BCUT2D eigenvalue weighted by Crippen LogP contribution is 2.35. The van der Waals surface area contributed by atoms with E-state index in [9.17, 15) is 8.78 Å². The Morgan fingerprint density at radius 3 is 2.74 bits per heavy atom. The minimum atomic E-state index is -2.86. The van der Waals surface area contributed by atoms with Crippen molar-refractivity contribution in [3.8, 4) is 16.9 Å². The molecule has 2 saturated heterocycles. The molecule has 31 heavy (non-hydrogen) atoms. The number of hydrogen-bond donors (Lipinski definition) is 4. The van der Waals surface area contributed by atoms with Crippen LogP contribution in [0.25, 0.3) is 11.1 Å². The lowest BCUT2D eigenvalue weighted by Crippen LogP contribution is -2.46. The lowest BCUT2D eigenvalue weighted by molar-refractivity contribution is -0.0795. The summed E-state index contributed by atoms with van der Waals surface area (Å²) in [5, 5.41) is 9.99. The zero-order chi connectivity index (χ0) is 21.6. The van der Waals surface area contributed by atoms with Gasteiger partial charge in [0.1, 0.15) is 17.7 Å². The lowest BCUT2D eigenvalue weighted by Gasteiger charge is -2.30. The number of nitrogens with one attached hydrogen (secondary N) is 2. The molecule has 2 fully saturated rings. The van der Waals surface area contributed by atoms with E-state index < -0.39 is 17.9 Å². The van der Waals surface area contributed by atoms with Gasteiger partial charge in [0.05, 0.1) is 31.1 Å². The molecule has 3 aliphatic heterocycles. The number of halogens is 2. The van der Waals surface area contributed by atoms with Crippen LogP contribution < -0.4 is 26.8 Å². The quantitative estimate of drug-likeness (QED) is 0.502. The van der Waals surface area contributed by atoms with Gasteiger partial charge in [0.2, 0.25) is 0 Å². The van der Waals surface area contributed by atoms with E-state index in [0.29, 0.717) is 30.6 Å². The summed E-state index contributed by atoms with van der Waals surface area (Å²) in [6.45, 7) is 2.65. The summed E-state index contributed by atoms with van der Waals surface area (Å²) in [6, 6.07) is 1.92. The third kappa shape index (κ3) is 3.73. The van der Waals surface area contributed by atoms with Crippen molar-refractivity contribution in [3.63, 3.8) is 0 Å². The van der Waals surface area contributed by atoms with Crippen molar-refractivity contribution in [2.45, 2.75) is 24.2 Å². The Labute approximate surface area is 176 Å². The number of aliphatic imine (C=N–C) groups is 1. The average Bonchev–Trinajstić information content (AvgIpc) is 3.11. The van der Waals surface area contributed by atoms with Crippen LogP contribution >= 0.6 is 0 Å². The van der Waals surface area contributed by atoms with Gasteiger partial charge in [-0.05, 0) is 0 Å². The minimum absolute atomic E-state index is 0.0241. The van der Waals surface area contributed by atoms with Gasteiger partial charge in [-0.15, -0.1) is 0 Å². The summed E-state index contributed by atoms with van der Waals surface area (Å²) in [6.07, 6.45) is 3.63. The van der Waals surface area contributed by atoms with E-state index in [0.717, 1.165) is 18.7 Å². The summed E-state index contributed by atoms with van der Waals surface area (Å²) in [7, 11) is 0. The molecule has 2 aromatic heterocycles. The van der Waals surface area contributed by atoms with Gasteiger partial charge in [0.15, 0.2) is 11.5 Å². The standard InChI is InChI=1S/C19H22F2N8O2/c20-17(21)18-27-16(22)2-19(23,28-18)15-1-14(31-12-8-30-9-12)13(6-25-15)10-3-26-29(7-10)11-4-24-5-11/h1-3,6-7,11-12,17,24H,4-5,8-9,22-23H2,(H,27,28). The van der Waals surface area contributed by atoms with Gasteiger partial charge in [0, 0.05) is 48.8 Å². The highest BCUT2D eigenvalue weighted by Gasteiger charge is 2.34. The molecule has 0 aliphatic carbocycles. The number of hydrogen-bond acceptors (Lipinski definition) is 9. The van der Waals surface area contributed by atoms with Crippen LogP contribution in [-0.4, -0.2) is 59.4 Å². The zero-order valence-corrected chi connectivity index (χ0v) is 16.5. The third-order valence-electron chi connectivity index (χ3n) is 5.38. The van der Waals surface area contributed by atoms with E-state index in [2.05, 4.69) is 25.7 Å². The molecule has 0 radical (unpaired) electrons. The lowest BCUT2D eigenvalue weighted by atomic mass is 10.0. The van der Waals surface area contributed by atoms with Gasteiger partial charge < -0.3 is 25.8 Å². The van der Waals surface area contributed by atoms with Gasteiger partial charge in [0.25, 0.3) is 6.43 Å². The van der Waals surface area contributed by atoms with E-state index in [1.54, 1.807) is 18.5 Å². The molecule has 0 aromatic carbocycles. The van der Waals surface area contributed by atoms with Crippen LogP contribution in [0.2, 0.25) is 0 Å². The fraction of sp³-hybridized carbons (Fsp3) is 0.421. The van der Waals surface area contributed by atoms with Gasteiger partial charge >= 0.3 is 0 Å². The smallest absolute Gasteiger partial charge is 0.295 e. The van der Waals surface area contributed by atoms with Crippen LogP contribution in [0, 0.1) is 0 Å². The van der Waals surface area contributed by atoms with Crippen LogP contribution in [0.1, 0.15) is 11.7 Å². The van der Waals surface area contributed by atoms with Crippen molar-refractivity contribution in [1.82, 2.24) is 25.4 Å². The number of ether oxygens (including phenoxy) is 2. The van der Waals surface area contributed by atoms with Gasteiger partial charge in [-0.3, -0.25) is 15.4 Å². The Kier molecular flexibility index (Phi) is 4.84. The first-order valence-electron chi connectivity index (χ1n) is 9.83. The molecule has 12 heteroatoms. The molecule has 0 amide bonds. The summed E-state index contributed by atoms with van der Waals surface area (Å²) < 4.78 is 39.7. The molecule has 6 N–H and O–H groups in total. The van der Waals surface area contributed by atoms with Crippen molar-refractivity contribution in [3.05, 3.63) is 42.2 Å². The van der Waals surface area contributed by atoms with E-state index in [-0.39, 0.29) is 17.6 Å². The number of pyridine rings is 1. The minimum Gasteiger partial charge on any atom is -0.485 e. The van der Waals surface area contributed by atoms with Gasteiger partial charge in [-0.1, -0.05) is 0 Å². The number of alkyl halides is 2. The van der Waals surface area contributed by atoms with E-state index >= 15 is 0 Å². The van der Waals surface area contributed by atoms with Gasteiger partial charge in [-0.2, -0.15) is 5.10 Å². The molecule has 0 saturated carbocycles. The van der Waals surface area contributed by atoms with Crippen molar-refractivity contribution >= 4 is 5.84 Å². The van der Waals surface area contributed by atoms with Gasteiger partial charge in [-0.25, -0.2) is 13.8 Å². The highest BCUT2D eigenvalue weighted by molar-refractivity contribution is 5.88. The van der Waals surface area contributed by atoms with Crippen molar-refractivity contribution < 1.29 is 18.3 Å². The fourth-order valence-corrected chi connectivity index (χ4v) is 3.48. The first kappa shape index (κ1) is 19.8. The first-order valence-corrected chi connectivity index (χ1v) is 9.83. The molecule has 5 rings (SSSR count). The number of nitrogens with zero attached hydrogens (tertiary/aromatic N) is 4. The number of amidine groups is 1. The van der Waals surface area contributed by atoms with Crippen LogP contribution in [-0.2, 0) is 10.4 Å². The monoisotopic (exact) mass is 432 g/mol. The summed E-state index contributed by atoms with van der Waals surface area (Å²) in [5.41, 5.74) is 12.2. The first-order chi connectivity index (χ1) is 14.9. The van der Waals surface area contributed by atoms with Crippen molar-refractivity contribution in [2.24, 2.45) is 16.5 Å². The third-order valence-corrected chi connectivity index (χ3v) is 5.38. The van der Waals surface area contributed by atoms with Crippen LogP contribution in [0.5, 0.6) is 5.75 Å². The summed E-state index contributed by atoms with van der Waals surface area (Å²) in [5.74, 6) is -0.142. The maximum absolute atomic E-state index is 13.2. The Balaban J connectivity index is 1.53. The maximum atomic E-state index is 13.2. The van der Waals surface area contributed by atoms with E-state index in [4.69, 9.17) is 20.9 Å². The Morgan fingerprint density at radius 2 is 2.10 bits per heavy atom. The second kappa shape index (κ2) is 7.55. The second-order valence-electron chi connectivity index (χ2n) is 7.71. The predicted molar refractivity (Wildman–Crippen MR) is 107 cm³/mol. The largest absolute Gasteiger partial charge is 0.485 e. The number of aromatic nitrogens is 3. The van der Waals surface area contributed by atoms with Crippen LogP contribution in [0.15, 0.2) is 41.5 Å². The Morgan fingerprint density at radius 1 is 1.29 bits per heavy atom.